The first-order valence-electron chi connectivity index (χ1n) is 7.97. The molecule has 0 heterocycles. The molecule has 2 atom stereocenters. The van der Waals surface area contributed by atoms with E-state index in [1.807, 2.05) is 18.2 Å². The van der Waals surface area contributed by atoms with Crippen LogP contribution < -0.4 is 10.6 Å². The van der Waals surface area contributed by atoms with Crippen molar-refractivity contribution < 1.29 is 14.7 Å². The zero-order valence-electron chi connectivity index (χ0n) is 13.0. The smallest absolute Gasteiger partial charge is 0.313 e. The lowest BCUT2D eigenvalue weighted by atomic mass is 10.1. The maximum Gasteiger partial charge on any atom is 0.313 e. The van der Waals surface area contributed by atoms with Crippen LogP contribution in [-0.4, -0.2) is 29.6 Å². The van der Waals surface area contributed by atoms with Gasteiger partial charge < -0.3 is 15.7 Å². The molecule has 5 nitrogen and oxygen atoms in total. The number of benzene rings is 1. The summed E-state index contributed by atoms with van der Waals surface area (Å²) in [6, 6.07) is 7.51. The standard InChI is InChI=1S/C17H24N2O3/c1-2-6-12-7-3-4-9-14(12)19-17(22)16(21)18-11-13-8-5-10-15(13)20/h3-4,7,9,13,15,20H,2,5-6,8,10-11H2,1H3,(H,18,21)(H,19,22). The number of hydrogen-bond donors (Lipinski definition) is 3. The molecule has 1 aromatic carbocycles. The molecule has 3 N–H and O–H groups in total. The van der Waals surface area contributed by atoms with E-state index in [0.29, 0.717) is 12.2 Å². The lowest BCUT2D eigenvalue weighted by Gasteiger charge is -2.15. The van der Waals surface area contributed by atoms with E-state index in [1.54, 1.807) is 6.07 Å². The van der Waals surface area contributed by atoms with E-state index in [0.717, 1.165) is 37.7 Å². The largest absolute Gasteiger partial charge is 0.393 e. The summed E-state index contributed by atoms with van der Waals surface area (Å²) in [6.45, 7) is 2.42. The fraction of sp³-hybridized carbons (Fsp3) is 0.529. The molecule has 22 heavy (non-hydrogen) atoms. The highest BCUT2D eigenvalue weighted by atomic mass is 16.3. The molecule has 1 aliphatic rings. The lowest BCUT2D eigenvalue weighted by molar-refractivity contribution is -0.136. The Balaban J connectivity index is 1.87. The molecular weight excluding hydrogens is 280 g/mol. The highest BCUT2D eigenvalue weighted by molar-refractivity contribution is 6.39. The van der Waals surface area contributed by atoms with Gasteiger partial charge in [0.1, 0.15) is 0 Å². The molecule has 120 valence electrons. The van der Waals surface area contributed by atoms with Crippen LogP contribution in [0, 0.1) is 5.92 Å². The number of carbonyl (C=O) groups excluding carboxylic acids is 2. The number of amides is 2. The van der Waals surface area contributed by atoms with Crippen LogP contribution in [0.15, 0.2) is 24.3 Å². The number of aliphatic hydroxyl groups is 1. The van der Waals surface area contributed by atoms with Crippen LogP contribution >= 0.6 is 0 Å². The van der Waals surface area contributed by atoms with Gasteiger partial charge in [-0.2, -0.15) is 0 Å². The molecule has 0 aromatic heterocycles. The molecule has 0 radical (unpaired) electrons. The molecule has 0 bridgehead atoms. The number of aliphatic hydroxyl groups excluding tert-OH is 1. The van der Waals surface area contributed by atoms with Gasteiger partial charge in [0.15, 0.2) is 0 Å². The zero-order chi connectivity index (χ0) is 15.9. The van der Waals surface area contributed by atoms with Crippen molar-refractivity contribution >= 4 is 17.5 Å². The van der Waals surface area contributed by atoms with E-state index in [-0.39, 0.29) is 12.0 Å². The highest BCUT2D eigenvalue weighted by Gasteiger charge is 2.26. The average Bonchev–Trinajstić information content (AvgIpc) is 2.92. The summed E-state index contributed by atoms with van der Waals surface area (Å²) in [5.74, 6) is -1.24. The Labute approximate surface area is 131 Å². The summed E-state index contributed by atoms with van der Waals surface area (Å²) in [4.78, 5) is 23.8. The van der Waals surface area contributed by atoms with Crippen molar-refractivity contribution in [1.82, 2.24) is 5.32 Å². The van der Waals surface area contributed by atoms with Gasteiger partial charge in [-0.05, 0) is 30.9 Å². The average molecular weight is 304 g/mol. The summed E-state index contributed by atoms with van der Waals surface area (Å²) in [5, 5.41) is 15.0. The van der Waals surface area contributed by atoms with Crippen LogP contribution in [0.25, 0.3) is 0 Å². The Kier molecular flexibility index (Phi) is 5.95. The number of carbonyl (C=O) groups is 2. The second kappa shape index (κ2) is 7.94. The minimum Gasteiger partial charge on any atom is -0.393 e. The molecule has 2 amide bonds. The van der Waals surface area contributed by atoms with Gasteiger partial charge in [0.05, 0.1) is 6.10 Å². The predicted octanol–water partition coefficient (Wildman–Crippen LogP) is 1.85. The van der Waals surface area contributed by atoms with Crippen LogP contribution in [-0.2, 0) is 16.0 Å². The molecule has 1 saturated carbocycles. The molecule has 5 heteroatoms. The number of hydrogen-bond acceptors (Lipinski definition) is 3. The van der Waals surface area contributed by atoms with Gasteiger partial charge in [-0.1, -0.05) is 38.0 Å². The minimum absolute atomic E-state index is 0.0594. The molecule has 2 unspecified atom stereocenters. The number of rotatable bonds is 5. The SMILES string of the molecule is CCCc1ccccc1NC(=O)C(=O)NCC1CCCC1O. The van der Waals surface area contributed by atoms with Crippen molar-refractivity contribution in [2.45, 2.75) is 45.1 Å². The Hall–Kier alpha value is -1.88. The van der Waals surface area contributed by atoms with Crippen molar-refractivity contribution in [1.29, 1.82) is 0 Å². The van der Waals surface area contributed by atoms with E-state index >= 15 is 0 Å². The fourth-order valence-corrected chi connectivity index (χ4v) is 2.87. The van der Waals surface area contributed by atoms with Crippen molar-refractivity contribution in [2.75, 3.05) is 11.9 Å². The molecule has 1 fully saturated rings. The third kappa shape index (κ3) is 4.31. The lowest BCUT2D eigenvalue weighted by Crippen LogP contribution is -2.39. The van der Waals surface area contributed by atoms with E-state index in [9.17, 15) is 14.7 Å². The zero-order valence-corrected chi connectivity index (χ0v) is 13.0. The van der Waals surface area contributed by atoms with E-state index in [1.165, 1.54) is 0 Å². The number of para-hydroxylation sites is 1. The highest BCUT2D eigenvalue weighted by Crippen LogP contribution is 2.24. The summed E-state index contributed by atoms with van der Waals surface area (Å²) < 4.78 is 0. The van der Waals surface area contributed by atoms with Gasteiger partial charge in [0.2, 0.25) is 0 Å². The van der Waals surface area contributed by atoms with Crippen LogP contribution in [0.4, 0.5) is 5.69 Å². The first-order chi connectivity index (χ1) is 10.6. The van der Waals surface area contributed by atoms with Crippen molar-refractivity contribution in [3.05, 3.63) is 29.8 Å². The molecular formula is C17H24N2O3. The second-order valence-corrected chi connectivity index (χ2v) is 5.83. The van der Waals surface area contributed by atoms with Crippen LogP contribution in [0.1, 0.15) is 38.2 Å². The first kappa shape index (κ1) is 16.5. The van der Waals surface area contributed by atoms with Gasteiger partial charge >= 0.3 is 11.8 Å². The number of aryl methyl sites for hydroxylation is 1. The maximum absolute atomic E-state index is 12.0. The molecule has 1 aromatic rings. The molecule has 0 saturated heterocycles. The number of nitrogens with one attached hydrogen (secondary N) is 2. The third-order valence-electron chi connectivity index (χ3n) is 4.13. The van der Waals surface area contributed by atoms with Crippen molar-refractivity contribution in [3.8, 4) is 0 Å². The normalized spacial score (nSPS) is 20.6. The van der Waals surface area contributed by atoms with Gasteiger partial charge in [0.25, 0.3) is 0 Å². The Morgan fingerprint density at radius 3 is 2.68 bits per heavy atom. The predicted molar refractivity (Wildman–Crippen MR) is 85.4 cm³/mol. The summed E-state index contributed by atoms with van der Waals surface area (Å²) in [6.07, 6.45) is 4.09. The first-order valence-corrected chi connectivity index (χ1v) is 7.97. The molecule has 0 aliphatic heterocycles. The van der Waals surface area contributed by atoms with Gasteiger partial charge in [0, 0.05) is 18.2 Å². The second-order valence-electron chi connectivity index (χ2n) is 5.83. The summed E-state index contributed by atoms with van der Waals surface area (Å²) >= 11 is 0. The molecule has 0 spiro atoms. The molecule has 1 aliphatic carbocycles. The monoisotopic (exact) mass is 304 g/mol. The number of anilines is 1. The van der Waals surface area contributed by atoms with Gasteiger partial charge in [-0.3, -0.25) is 9.59 Å². The van der Waals surface area contributed by atoms with Crippen molar-refractivity contribution in [3.63, 3.8) is 0 Å². The van der Waals surface area contributed by atoms with Gasteiger partial charge in [-0.25, -0.2) is 0 Å². The summed E-state index contributed by atoms with van der Waals surface area (Å²) in [5.41, 5.74) is 1.71. The Bertz CT molecular complexity index is 530. The topological polar surface area (TPSA) is 78.4 Å². The van der Waals surface area contributed by atoms with Crippen LogP contribution in [0.5, 0.6) is 0 Å². The van der Waals surface area contributed by atoms with Gasteiger partial charge in [-0.15, -0.1) is 0 Å². The fourth-order valence-electron chi connectivity index (χ4n) is 2.87. The van der Waals surface area contributed by atoms with E-state index in [2.05, 4.69) is 17.6 Å². The summed E-state index contributed by atoms with van der Waals surface area (Å²) in [7, 11) is 0. The third-order valence-corrected chi connectivity index (χ3v) is 4.13. The van der Waals surface area contributed by atoms with Crippen molar-refractivity contribution in [2.24, 2.45) is 5.92 Å². The Morgan fingerprint density at radius 2 is 2.00 bits per heavy atom. The molecule has 2 rings (SSSR count). The maximum atomic E-state index is 12.0. The minimum atomic E-state index is -0.656. The quantitative estimate of drug-likeness (QED) is 0.727. The van der Waals surface area contributed by atoms with Crippen LogP contribution in [0.2, 0.25) is 0 Å². The van der Waals surface area contributed by atoms with Crippen LogP contribution in [0.3, 0.4) is 0 Å². The van der Waals surface area contributed by atoms with E-state index < -0.39 is 11.8 Å². The van der Waals surface area contributed by atoms with E-state index in [4.69, 9.17) is 0 Å². The Morgan fingerprint density at radius 1 is 1.23 bits per heavy atom.